The maximum absolute atomic E-state index is 12.8. The van der Waals surface area contributed by atoms with Gasteiger partial charge in [-0.25, -0.2) is 18.4 Å². The highest BCUT2D eigenvalue weighted by atomic mass is 79.9. The second kappa shape index (κ2) is 7.51. The lowest BCUT2D eigenvalue weighted by molar-refractivity contribution is 0.102. The minimum Gasteiger partial charge on any atom is -0.337 e. The van der Waals surface area contributed by atoms with E-state index in [1.165, 1.54) is 12.1 Å². The minimum atomic E-state index is -2.70. The second-order valence-corrected chi connectivity index (χ2v) is 7.03. The summed E-state index contributed by atoms with van der Waals surface area (Å²) in [5.41, 5.74) is 2.12. The van der Waals surface area contributed by atoms with E-state index in [1.807, 2.05) is 24.3 Å². The number of benzene rings is 2. The molecule has 142 valence electrons. The first-order chi connectivity index (χ1) is 13.5. The molecule has 2 N–H and O–H groups in total. The van der Waals surface area contributed by atoms with Crippen molar-refractivity contribution in [2.75, 3.05) is 5.32 Å². The third-order valence-corrected chi connectivity index (χ3v) is 4.70. The number of rotatable bonds is 5. The van der Waals surface area contributed by atoms with Gasteiger partial charge in [0, 0.05) is 16.1 Å². The summed E-state index contributed by atoms with van der Waals surface area (Å²) in [7, 11) is 0. The Morgan fingerprint density at radius 3 is 2.71 bits per heavy atom. The number of nitrogens with zero attached hydrogens (tertiary/aromatic N) is 3. The van der Waals surface area contributed by atoms with Crippen molar-refractivity contribution in [1.82, 2.24) is 19.7 Å². The number of hydrogen-bond donors (Lipinski definition) is 2. The number of aromatic nitrogens is 4. The van der Waals surface area contributed by atoms with E-state index in [1.54, 1.807) is 23.0 Å². The van der Waals surface area contributed by atoms with Crippen molar-refractivity contribution in [2.24, 2.45) is 0 Å². The van der Waals surface area contributed by atoms with Crippen LogP contribution in [0.4, 0.5) is 14.6 Å². The third-order valence-electron chi connectivity index (χ3n) is 4.17. The monoisotopic (exact) mass is 445 g/mol. The van der Waals surface area contributed by atoms with E-state index in [0.717, 1.165) is 10.0 Å². The fraction of sp³-hybridized carbons (Fsp3) is 0.105. The zero-order valence-electron chi connectivity index (χ0n) is 14.4. The predicted octanol–water partition coefficient (Wildman–Crippen LogP) is 4.76. The molecule has 0 radical (unpaired) electrons. The normalized spacial score (nSPS) is 11.3. The molecule has 9 heteroatoms. The highest BCUT2D eigenvalue weighted by Crippen LogP contribution is 2.21. The topological polar surface area (TPSA) is 75.6 Å². The molecule has 0 spiro atoms. The molecular weight excluding hydrogens is 432 g/mol. The summed E-state index contributed by atoms with van der Waals surface area (Å²) in [5.74, 6) is -0.251. The number of alkyl halides is 2. The van der Waals surface area contributed by atoms with Crippen molar-refractivity contribution in [2.45, 2.75) is 13.0 Å². The molecule has 2 heterocycles. The van der Waals surface area contributed by atoms with Gasteiger partial charge in [0.05, 0.1) is 23.8 Å². The number of fused-ring (bicyclic) bond motifs is 1. The molecule has 28 heavy (non-hydrogen) atoms. The Hall–Kier alpha value is -3.07. The van der Waals surface area contributed by atoms with E-state index in [2.05, 4.69) is 36.3 Å². The van der Waals surface area contributed by atoms with Crippen LogP contribution >= 0.6 is 15.9 Å². The zero-order valence-corrected chi connectivity index (χ0v) is 16.0. The maximum atomic E-state index is 12.8. The Bertz CT molecular complexity index is 1140. The van der Waals surface area contributed by atoms with Crippen molar-refractivity contribution in [3.05, 3.63) is 76.2 Å². The van der Waals surface area contributed by atoms with Crippen LogP contribution in [0.3, 0.4) is 0 Å². The molecule has 0 atom stereocenters. The van der Waals surface area contributed by atoms with Gasteiger partial charge in [-0.15, -0.1) is 0 Å². The van der Waals surface area contributed by atoms with E-state index < -0.39 is 12.2 Å². The molecule has 0 fully saturated rings. The molecule has 4 rings (SSSR count). The summed E-state index contributed by atoms with van der Waals surface area (Å²) in [6.45, 7) is 0.493. The Morgan fingerprint density at radius 2 is 1.96 bits per heavy atom. The highest BCUT2D eigenvalue weighted by Gasteiger charge is 2.15. The SMILES string of the molecule is O=C(Nc1ccnn1Cc1ccc(Br)cc1)c1ccc2nc(C(F)F)[nH]c2c1. The van der Waals surface area contributed by atoms with Crippen LogP contribution in [-0.2, 0) is 6.54 Å². The average molecular weight is 446 g/mol. The zero-order chi connectivity index (χ0) is 19.7. The molecule has 0 aliphatic heterocycles. The molecule has 2 aromatic heterocycles. The van der Waals surface area contributed by atoms with Crippen molar-refractivity contribution in [1.29, 1.82) is 0 Å². The number of nitrogens with one attached hydrogen (secondary N) is 2. The Labute approximate surface area is 166 Å². The van der Waals surface area contributed by atoms with Crippen LogP contribution in [0, 0.1) is 0 Å². The van der Waals surface area contributed by atoms with Gasteiger partial charge in [0.25, 0.3) is 12.3 Å². The van der Waals surface area contributed by atoms with Gasteiger partial charge >= 0.3 is 0 Å². The largest absolute Gasteiger partial charge is 0.337 e. The van der Waals surface area contributed by atoms with E-state index in [-0.39, 0.29) is 5.91 Å². The van der Waals surface area contributed by atoms with Crippen LogP contribution in [-0.4, -0.2) is 25.7 Å². The Morgan fingerprint density at radius 1 is 1.18 bits per heavy atom. The van der Waals surface area contributed by atoms with Crippen molar-refractivity contribution in [3.63, 3.8) is 0 Å². The summed E-state index contributed by atoms with van der Waals surface area (Å²) in [4.78, 5) is 18.9. The van der Waals surface area contributed by atoms with Crippen LogP contribution in [0.25, 0.3) is 11.0 Å². The van der Waals surface area contributed by atoms with Gasteiger partial charge in [-0.2, -0.15) is 5.10 Å². The first-order valence-corrected chi connectivity index (χ1v) is 9.14. The number of hydrogen-bond acceptors (Lipinski definition) is 3. The van der Waals surface area contributed by atoms with Crippen molar-refractivity contribution >= 4 is 38.7 Å². The molecule has 0 saturated carbocycles. The van der Waals surface area contributed by atoms with Gasteiger partial charge in [0.1, 0.15) is 5.82 Å². The minimum absolute atomic E-state index is 0.327. The van der Waals surface area contributed by atoms with E-state index in [0.29, 0.717) is 29.0 Å². The van der Waals surface area contributed by atoms with Gasteiger partial charge < -0.3 is 10.3 Å². The van der Waals surface area contributed by atoms with E-state index in [4.69, 9.17) is 0 Å². The first kappa shape index (κ1) is 18.3. The highest BCUT2D eigenvalue weighted by molar-refractivity contribution is 9.10. The predicted molar refractivity (Wildman–Crippen MR) is 104 cm³/mol. The Balaban J connectivity index is 1.53. The van der Waals surface area contributed by atoms with Crippen LogP contribution in [0.1, 0.15) is 28.2 Å². The van der Waals surface area contributed by atoms with E-state index in [9.17, 15) is 13.6 Å². The number of halogens is 3. The number of carbonyl (C=O) groups excluding carboxylic acids is 1. The number of imidazole rings is 1. The molecule has 4 aromatic rings. The summed E-state index contributed by atoms with van der Waals surface area (Å²) in [6.07, 6.45) is -1.10. The lowest BCUT2D eigenvalue weighted by atomic mass is 10.2. The summed E-state index contributed by atoms with van der Waals surface area (Å²) >= 11 is 3.39. The molecule has 6 nitrogen and oxygen atoms in total. The summed E-state index contributed by atoms with van der Waals surface area (Å²) < 4.78 is 28.2. The lowest BCUT2D eigenvalue weighted by Crippen LogP contribution is -2.16. The molecule has 0 bridgehead atoms. The van der Waals surface area contributed by atoms with Gasteiger partial charge in [0.15, 0.2) is 5.82 Å². The van der Waals surface area contributed by atoms with Crippen molar-refractivity contribution < 1.29 is 13.6 Å². The number of H-pyrrole nitrogens is 1. The van der Waals surface area contributed by atoms with Gasteiger partial charge in [-0.1, -0.05) is 28.1 Å². The van der Waals surface area contributed by atoms with Crippen LogP contribution in [0.15, 0.2) is 59.2 Å². The second-order valence-electron chi connectivity index (χ2n) is 6.11. The average Bonchev–Trinajstić information content (AvgIpc) is 3.30. The molecule has 0 saturated heterocycles. The number of aromatic amines is 1. The number of anilines is 1. The quantitative estimate of drug-likeness (QED) is 0.464. The Kier molecular flexibility index (Phi) is 4.91. The fourth-order valence-corrected chi connectivity index (χ4v) is 3.05. The summed E-state index contributed by atoms with van der Waals surface area (Å²) in [6, 6.07) is 14.1. The van der Waals surface area contributed by atoms with Gasteiger partial charge in [-0.05, 0) is 35.9 Å². The third kappa shape index (κ3) is 3.79. The van der Waals surface area contributed by atoms with Crippen LogP contribution in [0.2, 0.25) is 0 Å². The standard InChI is InChI=1S/C19H14BrF2N5O/c20-13-4-1-11(2-5-13)10-27-16(7-8-23-27)26-19(28)12-3-6-14-15(9-12)25-18(24-14)17(21)22/h1-9,17H,10H2,(H,24,25)(H,26,28). The number of amides is 1. The van der Waals surface area contributed by atoms with Gasteiger partial charge in [0.2, 0.25) is 0 Å². The molecule has 0 aliphatic carbocycles. The fourth-order valence-electron chi connectivity index (χ4n) is 2.79. The van der Waals surface area contributed by atoms with Crippen LogP contribution in [0.5, 0.6) is 0 Å². The van der Waals surface area contributed by atoms with Crippen molar-refractivity contribution in [3.8, 4) is 0 Å². The molecular formula is C19H14BrF2N5O. The maximum Gasteiger partial charge on any atom is 0.295 e. The molecule has 0 unspecified atom stereocenters. The molecule has 2 aromatic carbocycles. The molecule has 0 aliphatic rings. The van der Waals surface area contributed by atoms with E-state index >= 15 is 0 Å². The van der Waals surface area contributed by atoms with Gasteiger partial charge in [-0.3, -0.25) is 4.79 Å². The lowest BCUT2D eigenvalue weighted by Gasteiger charge is -2.09. The summed E-state index contributed by atoms with van der Waals surface area (Å²) in [5, 5.41) is 7.05. The molecule has 1 amide bonds. The van der Waals surface area contributed by atoms with Crippen LogP contribution < -0.4 is 5.32 Å². The first-order valence-electron chi connectivity index (χ1n) is 8.35. The number of carbonyl (C=O) groups is 1. The smallest absolute Gasteiger partial charge is 0.295 e.